The van der Waals surface area contributed by atoms with Crippen LogP contribution in [0.3, 0.4) is 0 Å². The topological polar surface area (TPSA) is 20.2 Å². The highest BCUT2D eigenvalue weighted by atomic mass is 79.9. The maximum Gasteiger partial charge on any atom is 0.0804 e. The molecule has 0 radical (unpaired) electrons. The van der Waals surface area contributed by atoms with Crippen molar-refractivity contribution in [3.8, 4) is 0 Å². The van der Waals surface area contributed by atoms with E-state index in [9.17, 15) is 5.11 Å². The molecule has 0 saturated carbocycles. The molecule has 1 nitrogen and oxygen atoms in total. The lowest BCUT2D eigenvalue weighted by molar-refractivity contribution is 0.159. The molecule has 0 aliphatic carbocycles. The Kier molecular flexibility index (Phi) is 5.10. The summed E-state index contributed by atoms with van der Waals surface area (Å²) in [6.07, 6.45) is 1.32. The van der Waals surface area contributed by atoms with E-state index in [1.165, 1.54) is 0 Å². The predicted molar refractivity (Wildman–Crippen MR) is 68.2 cm³/mol. The van der Waals surface area contributed by atoms with Crippen LogP contribution in [-0.2, 0) is 0 Å². The van der Waals surface area contributed by atoms with Crippen LogP contribution in [0.2, 0.25) is 5.02 Å². The molecule has 84 valence electrons. The van der Waals surface area contributed by atoms with Crippen LogP contribution in [0.25, 0.3) is 0 Å². The second-order valence-electron chi connectivity index (χ2n) is 4.15. The van der Waals surface area contributed by atoms with Gasteiger partial charge in [0, 0.05) is 9.50 Å². The summed E-state index contributed by atoms with van der Waals surface area (Å²) >= 11 is 9.39. The van der Waals surface area contributed by atoms with Gasteiger partial charge in [0.25, 0.3) is 0 Å². The van der Waals surface area contributed by atoms with E-state index in [1.807, 2.05) is 18.2 Å². The summed E-state index contributed by atoms with van der Waals surface area (Å²) in [6.45, 7) is 4.30. The zero-order valence-electron chi connectivity index (χ0n) is 9.00. The number of aliphatic hydroxyl groups is 1. The van der Waals surface area contributed by atoms with E-state index in [0.29, 0.717) is 10.9 Å². The van der Waals surface area contributed by atoms with Gasteiger partial charge in [0.15, 0.2) is 0 Å². The molecular formula is C12H16BrClO. The van der Waals surface area contributed by atoms with Crippen molar-refractivity contribution >= 4 is 27.5 Å². The van der Waals surface area contributed by atoms with Crippen LogP contribution in [0.15, 0.2) is 22.7 Å². The first-order valence-corrected chi connectivity index (χ1v) is 6.31. The molecular weight excluding hydrogens is 275 g/mol. The maximum absolute atomic E-state index is 9.94. The average Bonchev–Trinajstić information content (AvgIpc) is 2.14. The molecule has 0 aromatic heterocycles. The van der Waals surface area contributed by atoms with Gasteiger partial charge in [-0.05, 0) is 36.5 Å². The molecule has 0 aliphatic heterocycles. The van der Waals surface area contributed by atoms with Gasteiger partial charge < -0.3 is 5.11 Å². The molecule has 1 rings (SSSR count). The van der Waals surface area contributed by atoms with Gasteiger partial charge in [0.2, 0.25) is 0 Å². The average molecular weight is 292 g/mol. The highest BCUT2D eigenvalue weighted by Gasteiger charge is 2.12. The van der Waals surface area contributed by atoms with E-state index in [4.69, 9.17) is 11.6 Å². The van der Waals surface area contributed by atoms with Crippen molar-refractivity contribution in [2.45, 2.75) is 32.8 Å². The van der Waals surface area contributed by atoms with E-state index < -0.39 is 6.10 Å². The molecule has 1 atom stereocenters. The van der Waals surface area contributed by atoms with Crippen molar-refractivity contribution < 1.29 is 5.11 Å². The number of hydrogen-bond donors (Lipinski definition) is 1. The van der Waals surface area contributed by atoms with Crippen molar-refractivity contribution in [1.82, 2.24) is 0 Å². The van der Waals surface area contributed by atoms with Crippen LogP contribution < -0.4 is 0 Å². The summed E-state index contributed by atoms with van der Waals surface area (Å²) in [4.78, 5) is 0. The minimum absolute atomic E-state index is 0.451. The minimum Gasteiger partial charge on any atom is -0.388 e. The number of aliphatic hydroxyl groups excluding tert-OH is 1. The second kappa shape index (κ2) is 5.88. The van der Waals surface area contributed by atoms with Crippen LogP contribution in [-0.4, -0.2) is 5.11 Å². The standard InChI is InChI=1S/C12H16BrClO/c1-8(2)3-6-12(15)10-5-4-9(13)7-11(10)14/h4-5,7-8,12,15H,3,6H2,1-2H3. The molecule has 0 fully saturated rings. The molecule has 1 N–H and O–H groups in total. The minimum atomic E-state index is -0.451. The monoisotopic (exact) mass is 290 g/mol. The highest BCUT2D eigenvalue weighted by molar-refractivity contribution is 9.10. The molecule has 0 aliphatic rings. The normalized spacial score (nSPS) is 13.2. The van der Waals surface area contributed by atoms with Crippen LogP contribution in [0.5, 0.6) is 0 Å². The number of hydrogen-bond acceptors (Lipinski definition) is 1. The largest absolute Gasteiger partial charge is 0.388 e. The lowest BCUT2D eigenvalue weighted by Gasteiger charge is -2.14. The zero-order chi connectivity index (χ0) is 11.4. The van der Waals surface area contributed by atoms with E-state index in [2.05, 4.69) is 29.8 Å². The molecule has 1 aromatic rings. The van der Waals surface area contributed by atoms with Gasteiger partial charge in [-0.1, -0.05) is 47.4 Å². The first kappa shape index (κ1) is 13.0. The van der Waals surface area contributed by atoms with Crippen LogP contribution in [0.4, 0.5) is 0 Å². The van der Waals surface area contributed by atoms with Crippen LogP contribution in [0, 0.1) is 5.92 Å². The summed E-state index contributed by atoms with van der Waals surface area (Å²) in [5.74, 6) is 0.605. The van der Waals surface area contributed by atoms with Crippen molar-refractivity contribution in [3.05, 3.63) is 33.3 Å². The molecule has 1 unspecified atom stereocenters. The molecule has 0 amide bonds. The Morgan fingerprint density at radius 1 is 1.33 bits per heavy atom. The fourth-order valence-electron chi connectivity index (χ4n) is 1.42. The fourth-order valence-corrected chi connectivity index (χ4v) is 2.22. The van der Waals surface area contributed by atoms with Gasteiger partial charge in [-0.2, -0.15) is 0 Å². The van der Waals surface area contributed by atoms with E-state index in [-0.39, 0.29) is 0 Å². The lowest BCUT2D eigenvalue weighted by atomic mass is 10.00. The summed E-state index contributed by atoms with van der Waals surface area (Å²) in [7, 11) is 0. The highest BCUT2D eigenvalue weighted by Crippen LogP contribution is 2.29. The van der Waals surface area contributed by atoms with E-state index in [0.717, 1.165) is 22.9 Å². The van der Waals surface area contributed by atoms with Gasteiger partial charge in [0.1, 0.15) is 0 Å². The molecule has 0 heterocycles. The van der Waals surface area contributed by atoms with Gasteiger partial charge in [-0.15, -0.1) is 0 Å². The Morgan fingerprint density at radius 2 is 2.00 bits per heavy atom. The zero-order valence-corrected chi connectivity index (χ0v) is 11.3. The third-order valence-electron chi connectivity index (χ3n) is 2.34. The van der Waals surface area contributed by atoms with Gasteiger partial charge in [0.05, 0.1) is 6.10 Å². The van der Waals surface area contributed by atoms with E-state index >= 15 is 0 Å². The van der Waals surface area contributed by atoms with Crippen molar-refractivity contribution in [2.24, 2.45) is 5.92 Å². The first-order valence-electron chi connectivity index (χ1n) is 5.13. The summed E-state index contributed by atoms with van der Waals surface area (Å²) < 4.78 is 0.937. The van der Waals surface area contributed by atoms with Crippen molar-refractivity contribution in [3.63, 3.8) is 0 Å². The Bertz CT molecular complexity index is 325. The fraction of sp³-hybridized carbons (Fsp3) is 0.500. The molecule has 0 saturated heterocycles. The van der Waals surface area contributed by atoms with Gasteiger partial charge >= 0.3 is 0 Å². The van der Waals surface area contributed by atoms with Crippen LogP contribution >= 0.6 is 27.5 Å². The lowest BCUT2D eigenvalue weighted by Crippen LogP contribution is -2.00. The predicted octanol–water partition coefficient (Wildman–Crippen LogP) is 4.57. The third-order valence-corrected chi connectivity index (χ3v) is 3.16. The Morgan fingerprint density at radius 3 is 2.53 bits per heavy atom. The number of benzene rings is 1. The summed E-state index contributed by atoms with van der Waals surface area (Å²) in [6, 6.07) is 5.59. The smallest absolute Gasteiger partial charge is 0.0804 e. The number of rotatable bonds is 4. The molecule has 0 bridgehead atoms. The van der Waals surface area contributed by atoms with Crippen molar-refractivity contribution in [2.75, 3.05) is 0 Å². The number of halogens is 2. The molecule has 1 aromatic carbocycles. The van der Waals surface area contributed by atoms with Crippen molar-refractivity contribution in [1.29, 1.82) is 0 Å². The maximum atomic E-state index is 9.94. The Hall–Kier alpha value is -0.0500. The second-order valence-corrected chi connectivity index (χ2v) is 5.48. The Balaban J connectivity index is 2.69. The van der Waals surface area contributed by atoms with Gasteiger partial charge in [-0.25, -0.2) is 0 Å². The molecule has 0 spiro atoms. The SMILES string of the molecule is CC(C)CCC(O)c1ccc(Br)cc1Cl. The first-order chi connectivity index (χ1) is 7.00. The summed E-state index contributed by atoms with van der Waals surface area (Å²) in [5.41, 5.74) is 0.820. The van der Waals surface area contributed by atoms with Gasteiger partial charge in [-0.3, -0.25) is 0 Å². The summed E-state index contributed by atoms with van der Waals surface area (Å²) in [5, 5.41) is 10.6. The molecule has 3 heteroatoms. The Labute approximate surface area is 105 Å². The van der Waals surface area contributed by atoms with Crippen LogP contribution in [0.1, 0.15) is 38.4 Å². The quantitative estimate of drug-likeness (QED) is 0.861. The molecule has 15 heavy (non-hydrogen) atoms. The van der Waals surface area contributed by atoms with E-state index in [1.54, 1.807) is 0 Å². The third kappa shape index (κ3) is 4.13.